The average Bonchev–Trinajstić information content (AvgIpc) is 3.28. The molecule has 2 heterocycles. The highest BCUT2D eigenvalue weighted by Gasteiger charge is 2.50. The second kappa shape index (κ2) is 10.1. The topological polar surface area (TPSA) is 86.7 Å². The summed E-state index contributed by atoms with van der Waals surface area (Å²) >= 11 is 0. The van der Waals surface area contributed by atoms with E-state index in [1.165, 1.54) is 22.3 Å². The molecule has 2 bridgehead atoms. The molecule has 0 spiro atoms. The average molecular weight is 532 g/mol. The number of amides is 1. The number of benzene rings is 3. The highest BCUT2D eigenvalue weighted by Crippen LogP contribution is 2.47. The van der Waals surface area contributed by atoms with E-state index in [2.05, 4.69) is 24.3 Å². The quantitative estimate of drug-likeness (QED) is 0.493. The molecule has 8 nitrogen and oxygen atoms in total. The van der Waals surface area contributed by atoms with Gasteiger partial charge in [-0.2, -0.15) is 0 Å². The molecular weight excluding hydrogens is 498 g/mol. The second-order valence-electron chi connectivity index (χ2n) is 10.4. The van der Waals surface area contributed by atoms with E-state index < -0.39 is 5.60 Å². The van der Waals surface area contributed by atoms with Crippen LogP contribution < -0.4 is 14.2 Å². The summed E-state index contributed by atoms with van der Waals surface area (Å²) in [6.07, 6.45) is 0.223. The summed E-state index contributed by atoms with van der Waals surface area (Å²) in [4.78, 5) is 15.3. The van der Waals surface area contributed by atoms with Gasteiger partial charge in [0.1, 0.15) is 6.61 Å². The van der Waals surface area contributed by atoms with Crippen molar-refractivity contribution in [2.75, 3.05) is 41.2 Å². The van der Waals surface area contributed by atoms with E-state index in [9.17, 15) is 9.90 Å². The number of morpholine rings is 1. The monoisotopic (exact) mass is 531 g/mol. The molecule has 1 aliphatic carbocycles. The van der Waals surface area contributed by atoms with Crippen molar-refractivity contribution in [3.05, 3.63) is 77.4 Å². The van der Waals surface area contributed by atoms with Crippen molar-refractivity contribution >= 4 is 6.09 Å². The number of piperidine rings is 1. The van der Waals surface area contributed by atoms with Crippen LogP contribution in [0.2, 0.25) is 0 Å². The van der Waals surface area contributed by atoms with Gasteiger partial charge in [-0.15, -0.1) is 0 Å². The largest absolute Gasteiger partial charge is 0.493 e. The van der Waals surface area contributed by atoms with Crippen LogP contribution >= 0.6 is 0 Å². The normalized spacial score (nSPS) is 23.5. The summed E-state index contributed by atoms with van der Waals surface area (Å²) in [6, 6.07) is 19.5. The van der Waals surface area contributed by atoms with Crippen LogP contribution in [0.25, 0.3) is 11.1 Å². The number of ether oxygens (including phenoxy) is 5. The predicted molar refractivity (Wildman–Crippen MR) is 145 cm³/mol. The van der Waals surface area contributed by atoms with Gasteiger partial charge >= 0.3 is 6.09 Å². The van der Waals surface area contributed by atoms with E-state index in [4.69, 9.17) is 23.7 Å². The molecule has 0 aromatic heterocycles. The lowest BCUT2D eigenvalue weighted by molar-refractivity contribution is -0.136. The number of methoxy groups -OCH3 is 3. The summed E-state index contributed by atoms with van der Waals surface area (Å²) < 4.78 is 28.3. The Balaban J connectivity index is 1.22. The number of carbonyl (C=O) groups is 1. The fourth-order valence-corrected chi connectivity index (χ4v) is 6.53. The van der Waals surface area contributed by atoms with Crippen LogP contribution in [0.4, 0.5) is 4.79 Å². The molecule has 2 unspecified atom stereocenters. The number of nitrogens with zero attached hydrogens (tertiary/aromatic N) is 1. The summed E-state index contributed by atoms with van der Waals surface area (Å²) in [5.41, 5.74) is 4.17. The number of aliphatic hydroxyl groups is 1. The number of hydrogen-bond donors (Lipinski definition) is 1. The molecule has 8 heteroatoms. The zero-order valence-corrected chi connectivity index (χ0v) is 22.4. The smallest absolute Gasteiger partial charge is 0.410 e. The third-order valence-electron chi connectivity index (χ3n) is 8.30. The predicted octanol–water partition coefficient (Wildman–Crippen LogP) is 4.71. The molecule has 39 heavy (non-hydrogen) atoms. The first kappa shape index (κ1) is 25.5. The molecule has 2 aliphatic heterocycles. The van der Waals surface area contributed by atoms with Crippen LogP contribution in [0.3, 0.4) is 0 Å². The first-order chi connectivity index (χ1) is 19.0. The van der Waals surface area contributed by atoms with Gasteiger partial charge in [-0.05, 0) is 39.9 Å². The SMILES string of the molecule is COc1cc(C2(O)CC3COCC(C2)N3C(=O)OCC2c3ccccc3-c3ccccc32)cc(OC)c1OC. The summed E-state index contributed by atoms with van der Waals surface area (Å²) in [7, 11) is 4.64. The van der Waals surface area contributed by atoms with Gasteiger partial charge in [0, 0.05) is 18.8 Å². The Morgan fingerprint density at radius 3 is 1.95 bits per heavy atom. The summed E-state index contributed by atoms with van der Waals surface area (Å²) in [6.45, 7) is 0.904. The maximum absolute atomic E-state index is 13.5. The maximum atomic E-state index is 13.5. The molecule has 1 N–H and O–H groups in total. The van der Waals surface area contributed by atoms with Crippen molar-refractivity contribution in [3.8, 4) is 28.4 Å². The van der Waals surface area contributed by atoms with Crippen LogP contribution in [0.1, 0.15) is 35.4 Å². The third-order valence-corrected chi connectivity index (χ3v) is 8.30. The van der Waals surface area contributed by atoms with Crippen molar-refractivity contribution in [1.29, 1.82) is 0 Å². The summed E-state index contributed by atoms with van der Waals surface area (Å²) in [5, 5.41) is 11.9. The Kier molecular flexibility index (Phi) is 6.61. The van der Waals surface area contributed by atoms with E-state index in [1.807, 2.05) is 24.3 Å². The van der Waals surface area contributed by atoms with E-state index in [1.54, 1.807) is 38.4 Å². The molecule has 204 valence electrons. The van der Waals surface area contributed by atoms with Crippen molar-refractivity contribution in [1.82, 2.24) is 4.90 Å². The Morgan fingerprint density at radius 1 is 0.897 bits per heavy atom. The van der Waals surface area contributed by atoms with Gasteiger partial charge < -0.3 is 28.8 Å². The minimum Gasteiger partial charge on any atom is -0.493 e. The number of fused-ring (bicyclic) bond motifs is 5. The van der Waals surface area contributed by atoms with Crippen LogP contribution in [-0.4, -0.2) is 69.3 Å². The van der Waals surface area contributed by atoms with Gasteiger partial charge in [0.05, 0.1) is 52.2 Å². The summed E-state index contributed by atoms with van der Waals surface area (Å²) in [5.74, 6) is 1.40. The fraction of sp³-hybridized carbons (Fsp3) is 0.387. The van der Waals surface area contributed by atoms with Gasteiger partial charge in [0.25, 0.3) is 0 Å². The Bertz CT molecular complexity index is 1300. The lowest BCUT2D eigenvalue weighted by Gasteiger charge is -2.51. The zero-order valence-electron chi connectivity index (χ0n) is 22.4. The van der Waals surface area contributed by atoms with E-state index in [-0.39, 0.29) is 30.7 Å². The molecule has 2 saturated heterocycles. The molecule has 3 aliphatic rings. The van der Waals surface area contributed by atoms with Crippen LogP contribution in [0, 0.1) is 0 Å². The fourth-order valence-electron chi connectivity index (χ4n) is 6.53. The number of rotatable bonds is 6. The number of carbonyl (C=O) groups excluding carboxylic acids is 1. The van der Waals surface area contributed by atoms with Gasteiger partial charge in [-0.3, -0.25) is 4.90 Å². The zero-order chi connectivity index (χ0) is 27.1. The highest BCUT2D eigenvalue weighted by molar-refractivity contribution is 5.79. The lowest BCUT2D eigenvalue weighted by Crippen LogP contribution is -2.62. The standard InChI is InChI=1S/C31H33NO7/c1-35-27-12-19(13-28(36-2)29(27)37-3)31(34)14-20-16-38-17-21(15-31)32(20)30(33)39-18-26-24-10-6-4-8-22(24)23-9-5-7-11-25(23)26/h4-13,20-21,26,34H,14-18H2,1-3H3. The Labute approximate surface area is 228 Å². The third kappa shape index (κ3) is 4.28. The van der Waals surface area contributed by atoms with E-state index in [0.29, 0.717) is 48.9 Å². The molecule has 3 aromatic carbocycles. The van der Waals surface area contributed by atoms with Crippen molar-refractivity contribution < 1.29 is 33.6 Å². The molecule has 6 rings (SSSR count). The van der Waals surface area contributed by atoms with Crippen molar-refractivity contribution in [3.63, 3.8) is 0 Å². The minimum atomic E-state index is -1.20. The molecule has 0 saturated carbocycles. The van der Waals surface area contributed by atoms with Gasteiger partial charge in [0.2, 0.25) is 5.75 Å². The number of hydrogen-bond acceptors (Lipinski definition) is 7. The van der Waals surface area contributed by atoms with Gasteiger partial charge in [0.15, 0.2) is 11.5 Å². The van der Waals surface area contributed by atoms with Crippen molar-refractivity contribution in [2.45, 2.75) is 36.4 Å². The van der Waals surface area contributed by atoms with Gasteiger partial charge in [-0.25, -0.2) is 4.79 Å². The minimum absolute atomic E-state index is 0.0154. The first-order valence-electron chi connectivity index (χ1n) is 13.2. The molecule has 2 fully saturated rings. The van der Waals surface area contributed by atoms with E-state index >= 15 is 0 Å². The molecule has 0 radical (unpaired) electrons. The molecule has 1 amide bonds. The lowest BCUT2D eigenvalue weighted by atomic mass is 9.77. The highest BCUT2D eigenvalue weighted by atomic mass is 16.6. The van der Waals surface area contributed by atoms with Crippen LogP contribution in [-0.2, 0) is 15.1 Å². The van der Waals surface area contributed by atoms with Crippen LogP contribution in [0.5, 0.6) is 17.2 Å². The second-order valence-corrected chi connectivity index (χ2v) is 10.4. The Hall–Kier alpha value is -3.75. The Morgan fingerprint density at radius 2 is 1.44 bits per heavy atom. The molecule has 2 atom stereocenters. The first-order valence-corrected chi connectivity index (χ1v) is 13.2. The van der Waals surface area contributed by atoms with Crippen molar-refractivity contribution in [2.24, 2.45) is 0 Å². The van der Waals surface area contributed by atoms with E-state index in [0.717, 1.165) is 0 Å². The molecular formula is C31H33NO7. The maximum Gasteiger partial charge on any atom is 0.410 e. The van der Waals surface area contributed by atoms with Crippen LogP contribution in [0.15, 0.2) is 60.7 Å². The van der Waals surface area contributed by atoms with Gasteiger partial charge in [-0.1, -0.05) is 48.5 Å². The molecule has 3 aromatic rings.